The van der Waals surface area contributed by atoms with E-state index in [4.69, 9.17) is 0 Å². The molecule has 10 heavy (non-hydrogen) atoms. The Hall–Kier alpha value is 0.310. The molecule has 1 radical (unpaired) electrons. The molecule has 0 aromatic rings. The van der Waals surface area contributed by atoms with Crippen LogP contribution in [0.15, 0.2) is 0 Å². The quantitative estimate of drug-likeness (QED) is 0.606. The number of hydrogen-bond donors (Lipinski definition) is 0. The fourth-order valence-corrected chi connectivity index (χ4v) is 1.72. The lowest BCUT2D eigenvalue weighted by molar-refractivity contribution is 0.215. The van der Waals surface area contributed by atoms with Gasteiger partial charge in [-0.05, 0) is 5.92 Å². The van der Waals surface area contributed by atoms with Crippen molar-refractivity contribution < 1.29 is 5.11 Å². The summed E-state index contributed by atoms with van der Waals surface area (Å²) in [5.41, 5.74) is 0. The molecule has 0 saturated heterocycles. The Morgan fingerprint density at radius 2 is 2.00 bits per heavy atom. The summed E-state index contributed by atoms with van der Waals surface area (Å²) in [5.74, 6) is 1.52. The Morgan fingerprint density at radius 3 is 2.40 bits per heavy atom. The van der Waals surface area contributed by atoms with Gasteiger partial charge in [-0.15, -0.1) is 0 Å². The zero-order valence-electron chi connectivity index (χ0n) is 7.09. The van der Waals surface area contributed by atoms with Crippen molar-refractivity contribution in [1.29, 1.82) is 0 Å². The Labute approximate surface area is 68.2 Å². The van der Waals surface area contributed by atoms with E-state index in [1.54, 1.807) is 11.8 Å². The van der Waals surface area contributed by atoms with E-state index < -0.39 is 0 Å². The van der Waals surface area contributed by atoms with Gasteiger partial charge in [0.25, 0.3) is 0 Å². The molecule has 0 bridgehead atoms. The summed E-state index contributed by atoms with van der Waals surface area (Å²) in [4.78, 5) is 0. The van der Waals surface area contributed by atoms with Crippen LogP contribution in [0.25, 0.3) is 0 Å². The van der Waals surface area contributed by atoms with Crippen LogP contribution in [0, 0.1) is 5.92 Å². The van der Waals surface area contributed by atoms with Gasteiger partial charge >= 0.3 is 0 Å². The predicted molar refractivity (Wildman–Crippen MR) is 46.9 cm³/mol. The molecule has 61 valence electrons. The Kier molecular flexibility index (Phi) is 6.24. The van der Waals surface area contributed by atoms with Gasteiger partial charge in [0.2, 0.25) is 0 Å². The van der Waals surface area contributed by atoms with Gasteiger partial charge < -0.3 is 0 Å². The van der Waals surface area contributed by atoms with E-state index in [0.717, 1.165) is 11.7 Å². The average Bonchev–Trinajstić information content (AvgIpc) is 1.98. The van der Waals surface area contributed by atoms with Crippen LogP contribution in [-0.4, -0.2) is 17.6 Å². The summed E-state index contributed by atoms with van der Waals surface area (Å²) in [6.45, 7) is 6.70. The summed E-state index contributed by atoms with van der Waals surface area (Å²) in [6, 6.07) is 0. The molecule has 2 heteroatoms. The summed E-state index contributed by atoms with van der Waals surface area (Å²) >= 11 is 1.80. The molecular formula is C8H17OS. The van der Waals surface area contributed by atoms with Gasteiger partial charge in [-0.2, -0.15) is 11.8 Å². The first-order valence-corrected chi connectivity index (χ1v) is 4.97. The summed E-state index contributed by atoms with van der Waals surface area (Å²) in [5, 5.41) is 10.8. The Morgan fingerprint density at radius 1 is 1.40 bits per heavy atom. The zero-order chi connectivity index (χ0) is 7.98. The van der Waals surface area contributed by atoms with Crippen molar-refractivity contribution in [1.82, 2.24) is 0 Å². The van der Waals surface area contributed by atoms with Gasteiger partial charge in [0.1, 0.15) is 0 Å². The van der Waals surface area contributed by atoms with Crippen LogP contribution in [0.3, 0.4) is 0 Å². The molecule has 0 aromatic carbocycles. The molecule has 2 unspecified atom stereocenters. The van der Waals surface area contributed by atoms with E-state index in [-0.39, 0.29) is 6.61 Å². The molecular weight excluding hydrogens is 144 g/mol. The Bertz CT molecular complexity index is 75.7. The summed E-state index contributed by atoms with van der Waals surface area (Å²) in [6.07, 6.45) is 1.22. The standard InChI is InChI=1S/C8H17OS/c1-4-7(2)8(3)10-6-5-9/h7-8H,4-6H2,1-3H3. The molecule has 0 amide bonds. The van der Waals surface area contributed by atoms with Crippen LogP contribution in [0.2, 0.25) is 0 Å². The van der Waals surface area contributed by atoms with Crippen LogP contribution in [0.5, 0.6) is 0 Å². The van der Waals surface area contributed by atoms with Crippen molar-refractivity contribution in [3.05, 3.63) is 0 Å². The second-order valence-corrected chi connectivity index (χ2v) is 4.15. The monoisotopic (exact) mass is 161 g/mol. The molecule has 0 spiro atoms. The highest BCUT2D eigenvalue weighted by atomic mass is 32.2. The summed E-state index contributed by atoms with van der Waals surface area (Å²) < 4.78 is 0. The topological polar surface area (TPSA) is 19.9 Å². The lowest BCUT2D eigenvalue weighted by atomic mass is 10.1. The molecule has 0 rings (SSSR count). The van der Waals surface area contributed by atoms with Crippen molar-refractivity contribution in [3.8, 4) is 0 Å². The van der Waals surface area contributed by atoms with Gasteiger partial charge in [0.05, 0.1) is 6.61 Å². The van der Waals surface area contributed by atoms with E-state index in [0.29, 0.717) is 5.25 Å². The predicted octanol–water partition coefficient (Wildman–Crippen LogP) is 2.58. The minimum Gasteiger partial charge on any atom is -0.236 e. The third kappa shape index (κ3) is 4.18. The van der Waals surface area contributed by atoms with E-state index in [1.165, 1.54) is 6.42 Å². The van der Waals surface area contributed by atoms with Crippen LogP contribution >= 0.6 is 11.8 Å². The first kappa shape index (κ1) is 10.3. The first-order chi connectivity index (χ1) is 4.72. The van der Waals surface area contributed by atoms with E-state index >= 15 is 0 Å². The fraction of sp³-hybridized carbons (Fsp3) is 1.00. The third-order valence-electron chi connectivity index (χ3n) is 1.91. The molecule has 0 aliphatic rings. The van der Waals surface area contributed by atoms with Crippen molar-refractivity contribution >= 4 is 11.8 Å². The normalized spacial score (nSPS) is 16.8. The third-order valence-corrected chi connectivity index (χ3v) is 3.30. The lowest BCUT2D eigenvalue weighted by Gasteiger charge is -2.16. The van der Waals surface area contributed by atoms with Crippen LogP contribution in [-0.2, 0) is 5.11 Å². The van der Waals surface area contributed by atoms with Gasteiger partial charge in [0, 0.05) is 11.0 Å². The molecule has 1 nitrogen and oxygen atoms in total. The number of thioether (sulfide) groups is 1. The highest BCUT2D eigenvalue weighted by Gasteiger charge is 2.09. The van der Waals surface area contributed by atoms with Crippen LogP contribution < -0.4 is 0 Å². The molecule has 0 N–H and O–H groups in total. The maximum Gasteiger partial charge on any atom is 0.0912 e. The van der Waals surface area contributed by atoms with Crippen molar-refractivity contribution in [2.75, 3.05) is 12.4 Å². The highest BCUT2D eigenvalue weighted by molar-refractivity contribution is 7.99. The average molecular weight is 161 g/mol. The largest absolute Gasteiger partial charge is 0.236 e. The minimum atomic E-state index is 0.0610. The second kappa shape index (κ2) is 6.05. The maximum absolute atomic E-state index is 10.1. The molecule has 0 aromatic heterocycles. The molecule has 0 aliphatic heterocycles. The second-order valence-electron chi connectivity index (χ2n) is 2.67. The van der Waals surface area contributed by atoms with E-state index in [2.05, 4.69) is 20.8 Å². The molecule has 0 fully saturated rings. The molecule has 2 atom stereocenters. The van der Waals surface area contributed by atoms with Crippen molar-refractivity contribution in [2.45, 2.75) is 32.4 Å². The highest BCUT2D eigenvalue weighted by Crippen LogP contribution is 2.20. The zero-order valence-corrected chi connectivity index (χ0v) is 7.91. The lowest BCUT2D eigenvalue weighted by Crippen LogP contribution is -2.09. The van der Waals surface area contributed by atoms with Gasteiger partial charge in [-0.25, -0.2) is 5.11 Å². The maximum atomic E-state index is 10.1. The fourth-order valence-electron chi connectivity index (χ4n) is 0.730. The van der Waals surface area contributed by atoms with Crippen LogP contribution in [0.4, 0.5) is 0 Å². The van der Waals surface area contributed by atoms with Gasteiger partial charge in [0.15, 0.2) is 0 Å². The first-order valence-electron chi connectivity index (χ1n) is 3.92. The van der Waals surface area contributed by atoms with Gasteiger partial charge in [-0.1, -0.05) is 27.2 Å². The molecule has 0 aliphatic carbocycles. The van der Waals surface area contributed by atoms with Crippen molar-refractivity contribution in [2.24, 2.45) is 5.92 Å². The molecule has 0 heterocycles. The van der Waals surface area contributed by atoms with Gasteiger partial charge in [-0.3, -0.25) is 0 Å². The smallest absolute Gasteiger partial charge is 0.0912 e. The van der Waals surface area contributed by atoms with E-state index in [9.17, 15) is 5.11 Å². The Balaban J connectivity index is 3.31. The summed E-state index contributed by atoms with van der Waals surface area (Å²) in [7, 11) is 0. The van der Waals surface area contributed by atoms with Crippen LogP contribution in [0.1, 0.15) is 27.2 Å². The van der Waals surface area contributed by atoms with Crippen molar-refractivity contribution in [3.63, 3.8) is 0 Å². The number of rotatable bonds is 5. The SMILES string of the molecule is CCC(C)C(C)SCC[O]. The minimum absolute atomic E-state index is 0.0610. The molecule has 0 saturated carbocycles. The van der Waals surface area contributed by atoms with E-state index in [1.807, 2.05) is 0 Å². The number of hydrogen-bond acceptors (Lipinski definition) is 1.